The summed E-state index contributed by atoms with van der Waals surface area (Å²) < 4.78 is 5.81. The molecule has 0 aliphatic carbocycles. The molecule has 0 amide bonds. The summed E-state index contributed by atoms with van der Waals surface area (Å²) in [6, 6.07) is 9.71. The van der Waals surface area contributed by atoms with Gasteiger partial charge in [0.1, 0.15) is 5.75 Å². The van der Waals surface area contributed by atoms with Crippen LogP contribution in [0.15, 0.2) is 30.3 Å². The monoisotopic (exact) mass is 266 g/mol. The van der Waals surface area contributed by atoms with Crippen LogP contribution in [-0.2, 0) is 9.78 Å². The van der Waals surface area contributed by atoms with Crippen molar-refractivity contribution in [2.45, 2.75) is 65.3 Å². The summed E-state index contributed by atoms with van der Waals surface area (Å²) in [5.41, 5.74) is -0.330. The molecule has 108 valence electrons. The zero-order valence-electron chi connectivity index (χ0n) is 12.5. The van der Waals surface area contributed by atoms with Gasteiger partial charge in [0.05, 0.1) is 5.60 Å². The van der Waals surface area contributed by atoms with E-state index in [0.29, 0.717) is 0 Å². The molecule has 0 heterocycles. The molecule has 0 spiro atoms. The average molecular weight is 266 g/mol. The zero-order chi connectivity index (χ0) is 14.1. The third-order valence-corrected chi connectivity index (χ3v) is 2.46. The molecule has 1 unspecified atom stereocenters. The summed E-state index contributed by atoms with van der Waals surface area (Å²) in [5.74, 6) is 0.807. The van der Waals surface area contributed by atoms with Crippen LogP contribution in [0.3, 0.4) is 0 Å². The van der Waals surface area contributed by atoms with Crippen LogP contribution in [-0.4, -0.2) is 11.9 Å². The maximum Gasteiger partial charge on any atom is 0.231 e. The van der Waals surface area contributed by atoms with Crippen LogP contribution in [0.5, 0.6) is 5.75 Å². The summed E-state index contributed by atoms with van der Waals surface area (Å²) in [6.45, 7) is 8.05. The molecule has 0 aromatic heterocycles. The maximum absolute atomic E-state index is 5.81. The van der Waals surface area contributed by atoms with E-state index in [1.807, 2.05) is 51.1 Å². The summed E-state index contributed by atoms with van der Waals surface area (Å²) >= 11 is 0. The van der Waals surface area contributed by atoms with Gasteiger partial charge in [-0.2, -0.15) is 4.89 Å². The van der Waals surface area contributed by atoms with Gasteiger partial charge < -0.3 is 4.74 Å². The standard InChI is InChI=1S/C16H26O3/c1-5-6-8-13-15(18-19-16(2,3)4)17-14-11-9-7-10-12-14/h7,9-12,15H,5-6,8,13H2,1-4H3. The third kappa shape index (κ3) is 7.85. The Morgan fingerprint density at radius 3 is 2.32 bits per heavy atom. The Labute approximate surface area is 116 Å². The summed E-state index contributed by atoms with van der Waals surface area (Å²) in [6.07, 6.45) is 3.90. The summed E-state index contributed by atoms with van der Waals surface area (Å²) in [5, 5.41) is 0. The number of para-hydroxylation sites is 1. The summed E-state index contributed by atoms with van der Waals surface area (Å²) in [7, 11) is 0. The molecule has 1 atom stereocenters. The van der Waals surface area contributed by atoms with E-state index in [9.17, 15) is 0 Å². The van der Waals surface area contributed by atoms with Crippen molar-refractivity contribution >= 4 is 0 Å². The Kier molecular flexibility index (Phi) is 6.89. The first-order valence-electron chi connectivity index (χ1n) is 7.07. The molecule has 0 saturated heterocycles. The Balaban J connectivity index is 2.48. The molecule has 3 nitrogen and oxygen atoms in total. The lowest BCUT2D eigenvalue weighted by molar-refractivity contribution is -0.404. The van der Waals surface area contributed by atoms with E-state index >= 15 is 0 Å². The van der Waals surface area contributed by atoms with Crippen molar-refractivity contribution in [1.82, 2.24) is 0 Å². The first-order valence-corrected chi connectivity index (χ1v) is 7.07. The van der Waals surface area contributed by atoms with E-state index in [-0.39, 0.29) is 11.9 Å². The Morgan fingerprint density at radius 1 is 1.05 bits per heavy atom. The van der Waals surface area contributed by atoms with E-state index < -0.39 is 0 Å². The summed E-state index contributed by atoms with van der Waals surface area (Å²) in [4.78, 5) is 10.8. The first-order chi connectivity index (χ1) is 9.01. The van der Waals surface area contributed by atoms with Crippen molar-refractivity contribution in [1.29, 1.82) is 0 Å². The minimum atomic E-state index is -0.354. The molecule has 0 radical (unpaired) electrons. The number of hydrogen-bond donors (Lipinski definition) is 0. The van der Waals surface area contributed by atoms with Gasteiger partial charge in [-0.1, -0.05) is 38.0 Å². The molecule has 1 rings (SSSR count). The number of unbranched alkanes of at least 4 members (excludes halogenated alkanes) is 2. The second-order valence-electron chi connectivity index (χ2n) is 5.65. The predicted octanol–water partition coefficient (Wildman–Crippen LogP) is 4.72. The second kappa shape index (κ2) is 8.18. The number of hydrogen-bond acceptors (Lipinski definition) is 3. The fourth-order valence-corrected chi connectivity index (χ4v) is 1.54. The van der Waals surface area contributed by atoms with E-state index in [4.69, 9.17) is 14.5 Å². The van der Waals surface area contributed by atoms with Gasteiger partial charge in [0.25, 0.3) is 0 Å². The van der Waals surface area contributed by atoms with Gasteiger partial charge in [0, 0.05) is 6.42 Å². The molecule has 0 aliphatic rings. The zero-order valence-corrected chi connectivity index (χ0v) is 12.5. The average Bonchev–Trinajstić information content (AvgIpc) is 2.36. The van der Waals surface area contributed by atoms with Crippen molar-refractivity contribution in [2.75, 3.05) is 0 Å². The van der Waals surface area contributed by atoms with Crippen molar-refractivity contribution < 1.29 is 14.5 Å². The molecular formula is C16H26O3. The molecule has 0 saturated carbocycles. The molecule has 0 fully saturated rings. The van der Waals surface area contributed by atoms with E-state index in [1.54, 1.807) is 0 Å². The van der Waals surface area contributed by atoms with Crippen LogP contribution in [0.25, 0.3) is 0 Å². The van der Waals surface area contributed by atoms with E-state index in [0.717, 1.165) is 18.6 Å². The molecule has 0 N–H and O–H groups in total. The van der Waals surface area contributed by atoms with E-state index in [2.05, 4.69) is 6.92 Å². The lowest BCUT2D eigenvalue weighted by Crippen LogP contribution is -2.27. The van der Waals surface area contributed by atoms with Crippen LogP contribution < -0.4 is 4.74 Å². The van der Waals surface area contributed by atoms with Gasteiger partial charge in [-0.05, 0) is 39.3 Å². The highest BCUT2D eigenvalue weighted by Crippen LogP contribution is 2.18. The van der Waals surface area contributed by atoms with Gasteiger partial charge in [-0.3, -0.25) is 0 Å². The fourth-order valence-electron chi connectivity index (χ4n) is 1.54. The number of ether oxygens (including phenoxy) is 1. The van der Waals surface area contributed by atoms with Crippen molar-refractivity contribution in [2.24, 2.45) is 0 Å². The molecule has 19 heavy (non-hydrogen) atoms. The molecule has 1 aromatic rings. The minimum absolute atomic E-state index is 0.330. The largest absolute Gasteiger partial charge is 0.462 e. The van der Waals surface area contributed by atoms with Gasteiger partial charge in [0.15, 0.2) is 0 Å². The third-order valence-electron chi connectivity index (χ3n) is 2.46. The quantitative estimate of drug-likeness (QED) is 0.295. The lowest BCUT2D eigenvalue weighted by Gasteiger charge is -2.23. The van der Waals surface area contributed by atoms with Crippen LogP contribution in [0.2, 0.25) is 0 Å². The smallest absolute Gasteiger partial charge is 0.231 e. The van der Waals surface area contributed by atoms with Gasteiger partial charge >= 0.3 is 0 Å². The molecule has 0 bridgehead atoms. The topological polar surface area (TPSA) is 27.7 Å². The Bertz CT molecular complexity index is 330. The molecular weight excluding hydrogens is 240 g/mol. The van der Waals surface area contributed by atoms with Gasteiger partial charge in [-0.25, -0.2) is 4.89 Å². The SMILES string of the molecule is CCCCCC(OOC(C)(C)C)Oc1ccccc1. The highest BCUT2D eigenvalue weighted by Gasteiger charge is 2.18. The van der Waals surface area contributed by atoms with E-state index in [1.165, 1.54) is 12.8 Å². The van der Waals surface area contributed by atoms with Crippen molar-refractivity contribution in [3.63, 3.8) is 0 Å². The van der Waals surface area contributed by atoms with Gasteiger partial charge in [0.2, 0.25) is 6.29 Å². The Morgan fingerprint density at radius 2 is 1.74 bits per heavy atom. The molecule has 0 aliphatic heterocycles. The molecule has 3 heteroatoms. The molecule has 1 aromatic carbocycles. The number of rotatable bonds is 8. The lowest BCUT2D eigenvalue weighted by atomic mass is 10.2. The van der Waals surface area contributed by atoms with Crippen molar-refractivity contribution in [3.05, 3.63) is 30.3 Å². The van der Waals surface area contributed by atoms with Gasteiger partial charge in [-0.15, -0.1) is 0 Å². The maximum atomic E-state index is 5.81. The number of benzene rings is 1. The van der Waals surface area contributed by atoms with Crippen LogP contribution in [0.4, 0.5) is 0 Å². The predicted molar refractivity (Wildman–Crippen MR) is 76.9 cm³/mol. The Hall–Kier alpha value is -1.06. The normalized spacial score (nSPS) is 13.3. The van der Waals surface area contributed by atoms with Crippen LogP contribution >= 0.6 is 0 Å². The first kappa shape index (κ1) is 16.0. The van der Waals surface area contributed by atoms with Crippen LogP contribution in [0.1, 0.15) is 53.4 Å². The highest BCUT2D eigenvalue weighted by molar-refractivity contribution is 5.20. The minimum Gasteiger partial charge on any atom is -0.462 e. The fraction of sp³-hybridized carbons (Fsp3) is 0.625. The van der Waals surface area contributed by atoms with Crippen molar-refractivity contribution in [3.8, 4) is 5.75 Å². The second-order valence-corrected chi connectivity index (χ2v) is 5.65. The highest BCUT2D eigenvalue weighted by atomic mass is 17.2. The van der Waals surface area contributed by atoms with Crippen LogP contribution in [0, 0.1) is 0 Å².